The van der Waals surface area contributed by atoms with Crippen molar-refractivity contribution >= 4 is 11.6 Å². The molecule has 2 N–H and O–H groups in total. The molecule has 0 radical (unpaired) electrons. The summed E-state index contributed by atoms with van der Waals surface area (Å²) < 4.78 is 0. The average molecular weight is 277 g/mol. The Morgan fingerprint density at radius 2 is 1.90 bits per heavy atom. The number of benzene rings is 1. The van der Waals surface area contributed by atoms with Crippen LogP contribution < -0.4 is 10.6 Å². The van der Waals surface area contributed by atoms with Crippen LogP contribution in [0.1, 0.15) is 25.8 Å². The number of para-hydroxylation sites is 1. The van der Waals surface area contributed by atoms with Crippen LogP contribution in [0.15, 0.2) is 24.3 Å². The molecule has 0 spiro atoms. The molecule has 1 amide bonds. The molecule has 20 heavy (non-hydrogen) atoms. The van der Waals surface area contributed by atoms with Gasteiger partial charge in [-0.2, -0.15) is 0 Å². The van der Waals surface area contributed by atoms with Gasteiger partial charge in [-0.3, -0.25) is 4.79 Å². The standard InChI is InChI=1S/C16H27N3O/c1-4-19(5-2)12-8-11-17-13-16(20)18-15-10-7-6-9-14(15)3/h6-7,9-10,17H,4-5,8,11-13H2,1-3H3,(H,18,20). The fraction of sp³-hybridized carbons (Fsp3) is 0.562. The maximum atomic E-state index is 11.8. The number of rotatable bonds is 9. The van der Waals surface area contributed by atoms with Gasteiger partial charge in [0.1, 0.15) is 0 Å². The molecule has 0 aliphatic heterocycles. The van der Waals surface area contributed by atoms with Gasteiger partial charge < -0.3 is 15.5 Å². The Morgan fingerprint density at radius 3 is 2.55 bits per heavy atom. The molecule has 0 bridgehead atoms. The molecular formula is C16H27N3O. The average Bonchev–Trinajstić information content (AvgIpc) is 2.45. The highest BCUT2D eigenvalue weighted by molar-refractivity contribution is 5.92. The second-order valence-corrected chi connectivity index (χ2v) is 4.92. The summed E-state index contributed by atoms with van der Waals surface area (Å²) in [6.45, 7) is 10.8. The van der Waals surface area contributed by atoms with Crippen molar-refractivity contribution in [3.8, 4) is 0 Å². The summed E-state index contributed by atoms with van der Waals surface area (Å²) in [6, 6.07) is 7.82. The Balaban J connectivity index is 2.16. The Kier molecular flexibility index (Phi) is 7.92. The highest BCUT2D eigenvalue weighted by atomic mass is 16.1. The monoisotopic (exact) mass is 277 g/mol. The van der Waals surface area contributed by atoms with Crippen molar-refractivity contribution in [2.45, 2.75) is 27.2 Å². The molecule has 112 valence electrons. The van der Waals surface area contributed by atoms with E-state index in [1.54, 1.807) is 0 Å². The molecule has 0 atom stereocenters. The van der Waals surface area contributed by atoms with Crippen molar-refractivity contribution in [2.24, 2.45) is 0 Å². The van der Waals surface area contributed by atoms with Crippen molar-refractivity contribution in [3.05, 3.63) is 29.8 Å². The second kappa shape index (κ2) is 9.50. The molecule has 1 aromatic carbocycles. The van der Waals surface area contributed by atoms with Gasteiger partial charge in [0, 0.05) is 5.69 Å². The number of nitrogens with one attached hydrogen (secondary N) is 2. The van der Waals surface area contributed by atoms with Crippen LogP contribution in [0.2, 0.25) is 0 Å². The fourth-order valence-corrected chi connectivity index (χ4v) is 2.08. The number of aryl methyl sites for hydroxylation is 1. The van der Waals surface area contributed by atoms with Gasteiger partial charge >= 0.3 is 0 Å². The highest BCUT2D eigenvalue weighted by Crippen LogP contribution is 2.12. The summed E-state index contributed by atoms with van der Waals surface area (Å²) in [5, 5.41) is 6.11. The van der Waals surface area contributed by atoms with E-state index < -0.39 is 0 Å². The minimum absolute atomic E-state index is 0.0159. The van der Waals surface area contributed by atoms with Crippen molar-refractivity contribution in [2.75, 3.05) is 38.0 Å². The van der Waals surface area contributed by atoms with Crippen LogP contribution in [0.4, 0.5) is 5.69 Å². The highest BCUT2D eigenvalue weighted by Gasteiger charge is 2.03. The van der Waals surface area contributed by atoms with E-state index in [1.165, 1.54) is 0 Å². The van der Waals surface area contributed by atoms with Crippen molar-refractivity contribution in [3.63, 3.8) is 0 Å². The quantitative estimate of drug-likeness (QED) is 0.681. The molecule has 0 saturated carbocycles. The van der Waals surface area contributed by atoms with Crippen LogP contribution in [0.25, 0.3) is 0 Å². The number of hydrogen-bond donors (Lipinski definition) is 2. The molecule has 0 unspecified atom stereocenters. The first-order valence-electron chi connectivity index (χ1n) is 7.46. The zero-order valence-electron chi connectivity index (χ0n) is 12.9. The number of hydrogen-bond acceptors (Lipinski definition) is 3. The predicted octanol–water partition coefficient (Wildman–Crippen LogP) is 2.26. The largest absolute Gasteiger partial charge is 0.325 e. The Bertz CT molecular complexity index is 402. The van der Waals surface area contributed by atoms with Crippen LogP contribution in [0, 0.1) is 6.92 Å². The Labute approximate surface area is 122 Å². The SMILES string of the molecule is CCN(CC)CCCNCC(=O)Nc1ccccc1C. The lowest BCUT2D eigenvalue weighted by Crippen LogP contribution is -2.31. The van der Waals surface area contributed by atoms with E-state index >= 15 is 0 Å². The van der Waals surface area contributed by atoms with E-state index in [-0.39, 0.29) is 5.91 Å². The lowest BCUT2D eigenvalue weighted by atomic mass is 10.2. The fourth-order valence-electron chi connectivity index (χ4n) is 2.08. The van der Waals surface area contributed by atoms with E-state index in [9.17, 15) is 4.79 Å². The summed E-state index contributed by atoms with van der Waals surface area (Å²) in [7, 11) is 0. The Morgan fingerprint density at radius 1 is 1.20 bits per heavy atom. The van der Waals surface area contributed by atoms with Crippen molar-refractivity contribution in [1.29, 1.82) is 0 Å². The van der Waals surface area contributed by atoms with E-state index in [0.29, 0.717) is 6.54 Å². The van der Waals surface area contributed by atoms with Gasteiger partial charge in [0.05, 0.1) is 6.54 Å². The van der Waals surface area contributed by atoms with E-state index in [0.717, 1.165) is 43.9 Å². The first kappa shape index (κ1) is 16.7. The van der Waals surface area contributed by atoms with Crippen LogP contribution in [-0.4, -0.2) is 43.5 Å². The normalized spacial score (nSPS) is 10.8. The number of anilines is 1. The minimum atomic E-state index is 0.0159. The smallest absolute Gasteiger partial charge is 0.238 e. The minimum Gasteiger partial charge on any atom is -0.325 e. The molecule has 0 aliphatic rings. The molecule has 0 fully saturated rings. The zero-order valence-corrected chi connectivity index (χ0v) is 12.9. The van der Waals surface area contributed by atoms with Gasteiger partial charge in [-0.25, -0.2) is 0 Å². The second-order valence-electron chi connectivity index (χ2n) is 4.92. The number of carbonyl (C=O) groups is 1. The number of nitrogens with zero attached hydrogens (tertiary/aromatic N) is 1. The van der Waals surface area contributed by atoms with Crippen LogP contribution in [0.5, 0.6) is 0 Å². The molecule has 1 rings (SSSR count). The summed E-state index contributed by atoms with van der Waals surface area (Å²) >= 11 is 0. The molecule has 0 aliphatic carbocycles. The lowest BCUT2D eigenvalue weighted by molar-refractivity contribution is -0.115. The molecule has 4 heteroatoms. The summed E-state index contributed by atoms with van der Waals surface area (Å²) in [4.78, 5) is 14.2. The molecule has 4 nitrogen and oxygen atoms in total. The third kappa shape index (κ3) is 6.17. The predicted molar refractivity (Wildman–Crippen MR) is 85.1 cm³/mol. The Hall–Kier alpha value is -1.39. The molecule has 0 aromatic heterocycles. The first-order valence-corrected chi connectivity index (χ1v) is 7.46. The molecular weight excluding hydrogens is 250 g/mol. The van der Waals surface area contributed by atoms with E-state index in [1.807, 2.05) is 31.2 Å². The summed E-state index contributed by atoms with van der Waals surface area (Å²) in [5.41, 5.74) is 1.98. The van der Waals surface area contributed by atoms with Crippen LogP contribution in [-0.2, 0) is 4.79 Å². The van der Waals surface area contributed by atoms with Gasteiger partial charge in [-0.15, -0.1) is 0 Å². The van der Waals surface area contributed by atoms with Crippen LogP contribution in [0.3, 0.4) is 0 Å². The van der Waals surface area contributed by atoms with E-state index in [2.05, 4.69) is 29.4 Å². The number of carbonyl (C=O) groups excluding carboxylic acids is 1. The van der Waals surface area contributed by atoms with Gasteiger partial charge in [0.2, 0.25) is 5.91 Å². The number of amides is 1. The van der Waals surface area contributed by atoms with E-state index in [4.69, 9.17) is 0 Å². The zero-order chi connectivity index (χ0) is 14.8. The van der Waals surface area contributed by atoms with Gasteiger partial charge in [0.25, 0.3) is 0 Å². The van der Waals surface area contributed by atoms with Crippen molar-refractivity contribution in [1.82, 2.24) is 10.2 Å². The molecule has 0 heterocycles. The van der Waals surface area contributed by atoms with Gasteiger partial charge in [0.15, 0.2) is 0 Å². The third-order valence-corrected chi connectivity index (χ3v) is 3.43. The maximum Gasteiger partial charge on any atom is 0.238 e. The summed E-state index contributed by atoms with van der Waals surface area (Å²) in [5.74, 6) is 0.0159. The molecule has 0 saturated heterocycles. The lowest BCUT2D eigenvalue weighted by Gasteiger charge is -2.17. The van der Waals surface area contributed by atoms with Crippen LogP contribution >= 0.6 is 0 Å². The summed E-state index contributed by atoms with van der Waals surface area (Å²) in [6.07, 6.45) is 1.07. The maximum absolute atomic E-state index is 11.8. The molecule has 1 aromatic rings. The van der Waals surface area contributed by atoms with Gasteiger partial charge in [-0.1, -0.05) is 32.0 Å². The topological polar surface area (TPSA) is 44.4 Å². The van der Waals surface area contributed by atoms with Gasteiger partial charge in [-0.05, 0) is 51.2 Å². The third-order valence-electron chi connectivity index (χ3n) is 3.43. The first-order chi connectivity index (χ1) is 9.67. The van der Waals surface area contributed by atoms with Crippen molar-refractivity contribution < 1.29 is 4.79 Å².